The molecule has 5 heteroatoms. The van der Waals surface area contributed by atoms with E-state index in [1.807, 2.05) is 30.3 Å². The number of rotatable bonds is 10. The van der Waals surface area contributed by atoms with Gasteiger partial charge < -0.3 is 20.1 Å². The Kier molecular flexibility index (Phi) is 7.74. The summed E-state index contributed by atoms with van der Waals surface area (Å²) in [5.74, 6) is 1.31. The van der Waals surface area contributed by atoms with Crippen LogP contribution in [0, 0.1) is 5.92 Å². The maximum atomic E-state index is 12.6. The van der Waals surface area contributed by atoms with E-state index in [2.05, 4.69) is 31.1 Å². The minimum absolute atomic E-state index is 0.119. The normalized spacial score (nSPS) is 11.6. The topological polar surface area (TPSA) is 59.6 Å². The maximum absolute atomic E-state index is 12.6. The fourth-order valence-electron chi connectivity index (χ4n) is 2.58. The fourth-order valence-corrected chi connectivity index (χ4v) is 2.58. The number of carbonyl (C=O) groups is 1. The molecule has 0 saturated heterocycles. The molecule has 2 rings (SSSR count). The molecule has 1 unspecified atom stereocenters. The van der Waals surface area contributed by atoms with Crippen LogP contribution < -0.4 is 20.1 Å². The first-order chi connectivity index (χ1) is 13.0. The second-order valence-corrected chi connectivity index (χ2v) is 6.54. The Morgan fingerprint density at radius 2 is 1.89 bits per heavy atom. The number of anilines is 1. The van der Waals surface area contributed by atoms with Crippen molar-refractivity contribution in [3.8, 4) is 11.5 Å². The highest BCUT2D eigenvalue weighted by atomic mass is 16.5. The van der Waals surface area contributed by atoms with Crippen molar-refractivity contribution in [3.05, 3.63) is 66.7 Å². The molecule has 0 aliphatic heterocycles. The summed E-state index contributed by atoms with van der Waals surface area (Å²) in [6.45, 7) is 8.77. The van der Waals surface area contributed by atoms with Crippen molar-refractivity contribution in [2.24, 2.45) is 5.92 Å². The molecule has 2 N–H and O–H groups in total. The predicted molar refractivity (Wildman–Crippen MR) is 110 cm³/mol. The van der Waals surface area contributed by atoms with E-state index < -0.39 is 0 Å². The Hall–Kier alpha value is -2.95. The highest BCUT2D eigenvalue weighted by molar-refractivity contribution is 5.94. The predicted octanol–water partition coefficient (Wildman–Crippen LogP) is 4.13. The lowest BCUT2D eigenvalue weighted by Gasteiger charge is -2.24. The van der Waals surface area contributed by atoms with Gasteiger partial charge in [0.25, 0.3) is 5.91 Å². The Balaban J connectivity index is 2.01. The molecule has 0 bridgehead atoms. The summed E-state index contributed by atoms with van der Waals surface area (Å²) in [5.41, 5.74) is 1.57. The first kappa shape index (κ1) is 20.4. The number of methoxy groups -OCH3 is 1. The number of carbonyl (C=O) groups excluding carboxylic acids is 1. The van der Waals surface area contributed by atoms with Gasteiger partial charge >= 0.3 is 0 Å². The van der Waals surface area contributed by atoms with Gasteiger partial charge in [0.15, 0.2) is 11.5 Å². The SMILES string of the molecule is C=CCOc1ccc(C(=O)NCC(Nc2ccccc2)C(C)C)cc1OC. The van der Waals surface area contributed by atoms with Crippen LogP contribution in [0.3, 0.4) is 0 Å². The molecule has 0 aliphatic rings. The second kappa shape index (κ2) is 10.3. The third-order valence-corrected chi connectivity index (χ3v) is 4.20. The number of benzene rings is 2. The van der Waals surface area contributed by atoms with Gasteiger partial charge in [-0.1, -0.05) is 44.7 Å². The van der Waals surface area contributed by atoms with Gasteiger partial charge in [0.2, 0.25) is 0 Å². The van der Waals surface area contributed by atoms with Crippen molar-refractivity contribution < 1.29 is 14.3 Å². The van der Waals surface area contributed by atoms with Crippen LogP contribution in [-0.2, 0) is 0 Å². The van der Waals surface area contributed by atoms with Crippen molar-refractivity contribution in [2.45, 2.75) is 19.9 Å². The average molecular weight is 368 g/mol. The first-order valence-corrected chi connectivity index (χ1v) is 9.06. The Morgan fingerprint density at radius 1 is 1.15 bits per heavy atom. The van der Waals surface area contributed by atoms with Crippen LogP contribution in [0.25, 0.3) is 0 Å². The van der Waals surface area contributed by atoms with Crippen LogP contribution in [0.5, 0.6) is 11.5 Å². The third-order valence-electron chi connectivity index (χ3n) is 4.20. The fraction of sp³-hybridized carbons (Fsp3) is 0.318. The lowest BCUT2D eigenvalue weighted by atomic mass is 10.0. The summed E-state index contributed by atoms with van der Waals surface area (Å²) in [5, 5.41) is 6.47. The molecule has 0 spiro atoms. The van der Waals surface area contributed by atoms with E-state index in [4.69, 9.17) is 9.47 Å². The molecule has 1 amide bonds. The zero-order valence-electron chi connectivity index (χ0n) is 16.2. The molecular weight excluding hydrogens is 340 g/mol. The molecule has 0 fully saturated rings. The molecule has 144 valence electrons. The summed E-state index contributed by atoms with van der Waals surface area (Å²) in [6, 6.07) is 15.3. The largest absolute Gasteiger partial charge is 0.493 e. The van der Waals surface area contributed by atoms with Gasteiger partial charge in [0.1, 0.15) is 6.61 Å². The molecule has 0 aliphatic carbocycles. The minimum Gasteiger partial charge on any atom is -0.493 e. The van der Waals surface area contributed by atoms with E-state index in [-0.39, 0.29) is 11.9 Å². The quantitative estimate of drug-likeness (QED) is 0.619. The van der Waals surface area contributed by atoms with Crippen molar-refractivity contribution in [3.63, 3.8) is 0 Å². The summed E-state index contributed by atoms with van der Waals surface area (Å²) in [6.07, 6.45) is 1.66. The molecular formula is C22H28N2O3. The van der Waals surface area contributed by atoms with E-state index in [0.29, 0.717) is 36.1 Å². The minimum atomic E-state index is -0.149. The summed E-state index contributed by atoms with van der Waals surface area (Å²) < 4.78 is 10.8. The number of nitrogens with one attached hydrogen (secondary N) is 2. The van der Waals surface area contributed by atoms with Crippen LogP contribution in [0.1, 0.15) is 24.2 Å². The van der Waals surface area contributed by atoms with Gasteiger partial charge in [-0.3, -0.25) is 4.79 Å². The monoisotopic (exact) mass is 368 g/mol. The lowest BCUT2D eigenvalue weighted by molar-refractivity contribution is 0.0950. The highest BCUT2D eigenvalue weighted by Crippen LogP contribution is 2.28. The van der Waals surface area contributed by atoms with Crippen molar-refractivity contribution in [2.75, 3.05) is 25.6 Å². The van der Waals surface area contributed by atoms with Crippen LogP contribution in [0.4, 0.5) is 5.69 Å². The highest BCUT2D eigenvalue weighted by Gasteiger charge is 2.16. The smallest absolute Gasteiger partial charge is 0.251 e. The third kappa shape index (κ3) is 6.06. The number of amides is 1. The number of hydrogen-bond donors (Lipinski definition) is 2. The first-order valence-electron chi connectivity index (χ1n) is 9.06. The van der Waals surface area contributed by atoms with Gasteiger partial charge in [0.05, 0.1) is 7.11 Å². The second-order valence-electron chi connectivity index (χ2n) is 6.54. The van der Waals surface area contributed by atoms with Gasteiger partial charge in [-0.25, -0.2) is 0 Å². The molecule has 2 aromatic carbocycles. The summed E-state index contributed by atoms with van der Waals surface area (Å²) >= 11 is 0. The molecule has 0 saturated carbocycles. The van der Waals surface area contributed by atoms with Crippen molar-refractivity contribution in [1.29, 1.82) is 0 Å². The summed E-state index contributed by atoms with van der Waals surface area (Å²) in [4.78, 5) is 12.6. The number of hydrogen-bond acceptors (Lipinski definition) is 4. The Bertz CT molecular complexity index is 744. The molecule has 0 radical (unpaired) electrons. The standard InChI is InChI=1S/C22H28N2O3/c1-5-13-27-20-12-11-17(14-21(20)26-4)22(25)23-15-19(16(2)3)24-18-9-7-6-8-10-18/h5-12,14,16,19,24H,1,13,15H2,2-4H3,(H,23,25). The van der Waals surface area contributed by atoms with E-state index in [9.17, 15) is 4.79 Å². The number of ether oxygens (including phenoxy) is 2. The van der Waals surface area contributed by atoms with Gasteiger partial charge in [0, 0.05) is 23.8 Å². The van der Waals surface area contributed by atoms with Gasteiger partial charge in [-0.2, -0.15) is 0 Å². The molecule has 5 nitrogen and oxygen atoms in total. The van der Waals surface area contributed by atoms with Crippen LogP contribution in [-0.4, -0.2) is 32.2 Å². The number of para-hydroxylation sites is 1. The summed E-state index contributed by atoms with van der Waals surface area (Å²) in [7, 11) is 1.55. The molecule has 0 aromatic heterocycles. The van der Waals surface area contributed by atoms with Gasteiger partial charge in [-0.15, -0.1) is 0 Å². The van der Waals surface area contributed by atoms with Crippen LogP contribution in [0.2, 0.25) is 0 Å². The van der Waals surface area contributed by atoms with E-state index in [1.165, 1.54) is 0 Å². The van der Waals surface area contributed by atoms with E-state index in [0.717, 1.165) is 5.69 Å². The molecule has 0 heterocycles. The van der Waals surface area contributed by atoms with Crippen LogP contribution in [0.15, 0.2) is 61.2 Å². The molecule has 2 aromatic rings. The van der Waals surface area contributed by atoms with Crippen molar-refractivity contribution >= 4 is 11.6 Å². The van der Waals surface area contributed by atoms with E-state index >= 15 is 0 Å². The molecule has 27 heavy (non-hydrogen) atoms. The molecule has 1 atom stereocenters. The van der Waals surface area contributed by atoms with Crippen molar-refractivity contribution in [1.82, 2.24) is 5.32 Å². The van der Waals surface area contributed by atoms with Gasteiger partial charge in [-0.05, 0) is 36.2 Å². The average Bonchev–Trinajstić information content (AvgIpc) is 2.69. The zero-order valence-corrected chi connectivity index (χ0v) is 16.2. The maximum Gasteiger partial charge on any atom is 0.251 e. The zero-order chi connectivity index (χ0) is 19.6. The van der Waals surface area contributed by atoms with E-state index in [1.54, 1.807) is 31.4 Å². The van der Waals surface area contributed by atoms with Crippen LogP contribution >= 0.6 is 0 Å². The lowest BCUT2D eigenvalue weighted by Crippen LogP contribution is -2.39. The Morgan fingerprint density at radius 3 is 2.52 bits per heavy atom. The Labute approximate surface area is 161 Å².